The topological polar surface area (TPSA) is 51.8 Å². The van der Waals surface area contributed by atoms with E-state index >= 15 is 0 Å². The molecule has 0 N–H and O–H groups in total. The van der Waals surface area contributed by atoms with Gasteiger partial charge >= 0.3 is 0 Å². The fourth-order valence-electron chi connectivity index (χ4n) is 3.90. The summed E-state index contributed by atoms with van der Waals surface area (Å²) < 4.78 is 6.21. The van der Waals surface area contributed by atoms with Crippen LogP contribution in [0, 0.1) is 0 Å². The Kier molecular flexibility index (Phi) is 3.43. The molecule has 0 aliphatic rings. The standard InChI is InChI=1S/C25H15N3O/c1-2-10-23-17(6-1)18-7-5-8-20(25(18)29-23)24-19-12-11-16(14-22(19)27-15-28-24)21-9-3-4-13-26-21/h1-15H. The summed E-state index contributed by atoms with van der Waals surface area (Å²) in [6, 6.07) is 26.4. The number of pyridine rings is 1. The molecule has 6 aromatic rings. The molecule has 0 amide bonds. The Balaban J connectivity index is 1.60. The average Bonchev–Trinajstić information content (AvgIpc) is 3.18. The number of para-hydroxylation sites is 2. The van der Waals surface area contributed by atoms with Crippen molar-refractivity contribution in [1.82, 2.24) is 15.0 Å². The highest BCUT2D eigenvalue weighted by atomic mass is 16.3. The largest absolute Gasteiger partial charge is 0.455 e. The van der Waals surface area contributed by atoms with Crippen molar-refractivity contribution in [2.45, 2.75) is 0 Å². The molecule has 0 spiro atoms. The van der Waals surface area contributed by atoms with E-state index < -0.39 is 0 Å². The van der Waals surface area contributed by atoms with Gasteiger partial charge in [0.05, 0.1) is 16.9 Å². The summed E-state index contributed by atoms with van der Waals surface area (Å²) in [5.74, 6) is 0. The van der Waals surface area contributed by atoms with Crippen molar-refractivity contribution >= 4 is 32.8 Å². The quantitative estimate of drug-likeness (QED) is 0.359. The van der Waals surface area contributed by atoms with Gasteiger partial charge in [-0.25, -0.2) is 9.97 Å². The first-order chi connectivity index (χ1) is 14.4. The minimum absolute atomic E-state index is 0.850. The summed E-state index contributed by atoms with van der Waals surface area (Å²) in [5, 5.41) is 3.19. The van der Waals surface area contributed by atoms with E-state index in [1.54, 1.807) is 12.5 Å². The van der Waals surface area contributed by atoms with Crippen LogP contribution in [0.15, 0.2) is 95.8 Å². The van der Waals surface area contributed by atoms with Gasteiger partial charge in [-0.2, -0.15) is 0 Å². The zero-order chi connectivity index (χ0) is 19.2. The van der Waals surface area contributed by atoms with E-state index in [-0.39, 0.29) is 0 Å². The molecular weight excluding hydrogens is 358 g/mol. The molecule has 0 radical (unpaired) electrons. The second kappa shape index (κ2) is 6.24. The maximum atomic E-state index is 6.21. The minimum Gasteiger partial charge on any atom is -0.455 e. The van der Waals surface area contributed by atoms with E-state index in [4.69, 9.17) is 4.42 Å². The van der Waals surface area contributed by atoms with E-state index in [0.717, 1.165) is 55.4 Å². The molecule has 3 heterocycles. The van der Waals surface area contributed by atoms with Crippen molar-refractivity contribution in [3.63, 3.8) is 0 Å². The van der Waals surface area contributed by atoms with Crippen LogP contribution in [0.3, 0.4) is 0 Å². The van der Waals surface area contributed by atoms with Crippen LogP contribution in [0.2, 0.25) is 0 Å². The lowest BCUT2D eigenvalue weighted by atomic mass is 10.0. The predicted octanol–water partition coefficient (Wildman–Crippen LogP) is 6.26. The maximum absolute atomic E-state index is 6.21. The molecule has 3 aromatic carbocycles. The van der Waals surface area contributed by atoms with Gasteiger partial charge in [0.2, 0.25) is 0 Å². The smallest absolute Gasteiger partial charge is 0.144 e. The summed E-state index contributed by atoms with van der Waals surface area (Å²) in [7, 11) is 0. The summed E-state index contributed by atoms with van der Waals surface area (Å²) in [6.07, 6.45) is 3.41. The molecule has 136 valence electrons. The van der Waals surface area contributed by atoms with Crippen molar-refractivity contribution in [2.75, 3.05) is 0 Å². The summed E-state index contributed by atoms with van der Waals surface area (Å²) >= 11 is 0. The molecule has 4 nitrogen and oxygen atoms in total. The Morgan fingerprint density at radius 1 is 0.655 bits per heavy atom. The zero-order valence-electron chi connectivity index (χ0n) is 15.4. The van der Waals surface area contributed by atoms with E-state index in [1.807, 2.05) is 36.4 Å². The van der Waals surface area contributed by atoms with Crippen LogP contribution in [-0.2, 0) is 0 Å². The Bertz CT molecular complexity index is 1500. The van der Waals surface area contributed by atoms with Gasteiger partial charge in [0, 0.05) is 33.5 Å². The SMILES string of the molecule is c1ccc(-c2ccc3c(-c4cccc5c4oc4ccccc45)ncnc3c2)nc1. The molecule has 0 bridgehead atoms. The first kappa shape index (κ1) is 16.0. The summed E-state index contributed by atoms with van der Waals surface area (Å²) in [6.45, 7) is 0. The highest BCUT2D eigenvalue weighted by molar-refractivity contribution is 6.11. The number of furan rings is 1. The molecule has 0 aliphatic heterocycles. The van der Waals surface area contributed by atoms with Crippen molar-refractivity contribution in [3.8, 4) is 22.5 Å². The van der Waals surface area contributed by atoms with Crippen LogP contribution in [0.1, 0.15) is 0 Å². The molecule has 6 rings (SSSR count). The van der Waals surface area contributed by atoms with Gasteiger partial charge in [-0.15, -0.1) is 0 Å². The fourth-order valence-corrected chi connectivity index (χ4v) is 3.90. The maximum Gasteiger partial charge on any atom is 0.144 e. The van der Waals surface area contributed by atoms with E-state index in [0.29, 0.717) is 0 Å². The van der Waals surface area contributed by atoms with E-state index in [2.05, 4.69) is 57.4 Å². The number of benzene rings is 3. The number of fused-ring (bicyclic) bond motifs is 4. The molecular formula is C25H15N3O. The van der Waals surface area contributed by atoms with Gasteiger partial charge in [0.1, 0.15) is 17.5 Å². The van der Waals surface area contributed by atoms with Crippen LogP contribution in [0.25, 0.3) is 55.4 Å². The second-order valence-corrected chi connectivity index (χ2v) is 6.95. The van der Waals surface area contributed by atoms with Crippen LogP contribution in [-0.4, -0.2) is 15.0 Å². The predicted molar refractivity (Wildman–Crippen MR) is 115 cm³/mol. The third-order valence-corrected chi connectivity index (χ3v) is 5.26. The molecule has 0 saturated carbocycles. The van der Waals surface area contributed by atoms with Crippen molar-refractivity contribution in [2.24, 2.45) is 0 Å². The van der Waals surface area contributed by atoms with Gasteiger partial charge in [0.15, 0.2) is 0 Å². The number of rotatable bonds is 2. The lowest BCUT2D eigenvalue weighted by molar-refractivity contribution is 0.670. The number of aromatic nitrogens is 3. The lowest BCUT2D eigenvalue weighted by Gasteiger charge is -2.08. The van der Waals surface area contributed by atoms with Gasteiger partial charge in [-0.1, -0.05) is 42.5 Å². The van der Waals surface area contributed by atoms with E-state index in [1.165, 1.54) is 0 Å². The molecule has 0 saturated heterocycles. The average molecular weight is 373 g/mol. The van der Waals surface area contributed by atoms with Crippen molar-refractivity contribution in [3.05, 3.63) is 91.4 Å². The number of hydrogen-bond acceptors (Lipinski definition) is 4. The van der Waals surface area contributed by atoms with E-state index in [9.17, 15) is 0 Å². The normalized spacial score (nSPS) is 11.4. The van der Waals surface area contributed by atoms with Crippen molar-refractivity contribution in [1.29, 1.82) is 0 Å². The molecule has 0 unspecified atom stereocenters. The van der Waals surface area contributed by atoms with Gasteiger partial charge < -0.3 is 4.42 Å². The van der Waals surface area contributed by atoms with Gasteiger partial charge in [0.25, 0.3) is 0 Å². The highest BCUT2D eigenvalue weighted by Gasteiger charge is 2.15. The first-order valence-corrected chi connectivity index (χ1v) is 9.45. The molecule has 4 heteroatoms. The lowest BCUT2D eigenvalue weighted by Crippen LogP contribution is -1.91. The molecule has 0 atom stereocenters. The highest BCUT2D eigenvalue weighted by Crippen LogP contribution is 2.37. The Morgan fingerprint density at radius 2 is 1.55 bits per heavy atom. The third-order valence-electron chi connectivity index (χ3n) is 5.26. The Hall–Kier alpha value is -4.05. The molecule has 0 aliphatic carbocycles. The van der Waals surface area contributed by atoms with Gasteiger partial charge in [-0.05, 0) is 36.4 Å². The fraction of sp³-hybridized carbons (Fsp3) is 0. The minimum atomic E-state index is 0.850. The Morgan fingerprint density at radius 3 is 2.48 bits per heavy atom. The molecule has 0 fully saturated rings. The van der Waals surface area contributed by atoms with Gasteiger partial charge in [-0.3, -0.25) is 4.98 Å². The summed E-state index contributed by atoms with van der Waals surface area (Å²) in [5.41, 5.74) is 6.40. The summed E-state index contributed by atoms with van der Waals surface area (Å²) in [4.78, 5) is 13.6. The van der Waals surface area contributed by atoms with Crippen LogP contribution in [0.4, 0.5) is 0 Å². The zero-order valence-corrected chi connectivity index (χ0v) is 15.4. The van der Waals surface area contributed by atoms with Crippen LogP contribution < -0.4 is 0 Å². The first-order valence-electron chi connectivity index (χ1n) is 9.45. The van der Waals surface area contributed by atoms with Crippen LogP contribution >= 0.6 is 0 Å². The molecule has 29 heavy (non-hydrogen) atoms. The van der Waals surface area contributed by atoms with Crippen molar-refractivity contribution < 1.29 is 4.42 Å². The number of nitrogens with zero attached hydrogens (tertiary/aromatic N) is 3. The van der Waals surface area contributed by atoms with Crippen LogP contribution in [0.5, 0.6) is 0 Å². The Labute approximate surface area is 166 Å². The third kappa shape index (κ3) is 2.50. The number of hydrogen-bond donors (Lipinski definition) is 0. The molecule has 3 aromatic heterocycles. The monoisotopic (exact) mass is 373 g/mol. The second-order valence-electron chi connectivity index (χ2n) is 6.95.